The first-order chi connectivity index (χ1) is 9.90. The SMILES string of the molecule is CCC(C)n1ccc(CNc2ccc(C(F)(F)F)cc2)n1. The average Bonchev–Trinajstić information content (AvgIpc) is 2.92. The summed E-state index contributed by atoms with van der Waals surface area (Å²) in [6.45, 7) is 4.65. The van der Waals surface area contributed by atoms with Gasteiger partial charge in [0.25, 0.3) is 0 Å². The van der Waals surface area contributed by atoms with Gasteiger partial charge in [0.15, 0.2) is 0 Å². The first-order valence-electron chi connectivity index (χ1n) is 6.85. The number of aromatic nitrogens is 2. The Hall–Kier alpha value is -1.98. The fourth-order valence-corrected chi connectivity index (χ4v) is 1.87. The van der Waals surface area contributed by atoms with Crippen molar-refractivity contribution in [3.8, 4) is 0 Å². The largest absolute Gasteiger partial charge is 0.416 e. The van der Waals surface area contributed by atoms with Crippen molar-refractivity contribution in [2.24, 2.45) is 0 Å². The lowest BCUT2D eigenvalue weighted by Crippen LogP contribution is -2.07. The summed E-state index contributed by atoms with van der Waals surface area (Å²) in [5.74, 6) is 0. The molecule has 21 heavy (non-hydrogen) atoms. The molecule has 0 aliphatic carbocycles. The van der Waals surface area contributed by atoms with Crippen molar-refractivity contribution in [2.45, 2.75) is 39.0 Å². The van der Waals surface area contributed by atoms with Gasteiger partial charge in [-0.25, -0.2) is 0 Å². The molecule has 6 heteroatoms. The standard InChI is InChI=1S/C15H18F3N3/c1-3-11(2)21-9-8-14(20-21)10-19-13-6-4-12(5-7-13)15(16,17)18/h4-9,11,19H,3,10H2,1-2H3. The van der Waals surface area contributed by atoms with Gasteiger partial charge in [-0.2, -0.15) is 18.3 Å². The van der Waals surface area contributed by atoms with Gasteiger partial charge in [0.2, 0.25) is 0 Å². The van der Waals surface area contributed by atoms with E-state index in [-0.39, 0.29) is 0 Å². The van der Waals surface area contributed by atoms with Gasteiger partial charge in [-0.05, 0) is 43.7 Å². The number of nitrogens with zero attached hydrogens (tertiary/aromatic N) is 2. The molecular weight excluding hydrogens is 279 g/mol. The first kappa shape index (κ1) is 15.4. The molecule has 1 unspecified atom stereocenters. The normalized spacial score (nSPS) is 13.2. The van der Waals surface area contributed by atoms with E-state index in [4.69, 9.17) is 0 Å². The zero-order valence-electron chi connectivity index (χ0n) is 12.0. The molecule has 0 saturated carbocycles. The molecule has 0 bridgehead atoms. The summed E-state index contributed by atoms with van der Waals surface area (Å²) in [6, 6.07) is 7.23. The second-order valence-corrected chi connectivity index (χ2v) is 4.97. The summed E-state index contributed by atoms with van der Waals surface area (Å²) >= 11 is 0. The number of nitrogens with one attached hydrogen (secondary N) is 1. The number of rotatable bonds is 5. The van der Waals surface area contributed by atoms with Crippen molar-refractivity contribution in [1.82, 2.24) is 9.78 Å². The smallest absolute Gasteiger partial charge is 0.379 e. The van der Waals surface area contributed by atoms with Crippen LogP contribution in [0.1, 0.15) is 37.6 Å². The summed E-state index contributed by atoms with van der Waals surface area (Å²) in [7, 11) is 0. The van der Waals surface area contributed by atoms with Crippen molar-refractivity contribution in [3.63, 3.8) is 0 Å². The third-order valence-corrected chi connectivity index (χ3v) is 3.39. The molecule has 0 radical (unpaired) electrons. The molecular formula is C15H18F3N3. The van der Waals surface area contributed by atoms with Gasteiger partial charge >= 0.3 is 6.18 Å². The van der Waals surface area contributed by atoms with E-state index in [9.17, 15) is 13.2 Å². The zero-order valence-corrected chi connectivity index (χ0v) is 12.0. The van der Waals surface area contributed by atoms with Crippen LogP contribution in [0, 0.1) is 0 Å². The molecule has 0 aliphatic rings. The lowest BCUT2D eigenvalue weighted by molar-refractivity contribution is -0.137. The van der Waals surface area contributed by atoms with Crippen LogP contribution in [0.3, 0.4) is 0 Å². The second-order valence-electron chi connectivity index (χ2n) is 4.97. The minimum absolute atomic E-state index is 0.338. The molecule has 1 aromatic carbocycles. The Morgan fingerprint density at radius 2 is 1.86 bits per heavy atom. The predicted octanol–water partition coefficient (Wildman–Crippen LogP) is 4.49. The maximum absolute atomic E-state index is 12.4. The van der Waals surface area contributed by atoms with Gasteiger partial charge in [0.05, 0.1) is 17.8 Å². The Kier molecular flexibility index (Phi) is 4.55. The number of halogens is 3. The predicted molar refractivity (Wildman–Crippen MR) is 76.0 cm³/mol. The quantitative estimate of drug-likeness (QED) is 0.881. The van der Waals surface area contributed by atoms with E-state index in [0.717, 1.165) is 24.2 Å². The Morgan fingerprint density at radius 3 is 2.43 bits per heavy atom. The van der Waals surface area contributed by atoms with E-state index in [1.165, 1.54) is 12.1 Å². The third kappa shape index (κ3) is 4.00. The van der Waals surface area contributed by atoms with E-state index in [0.29, 0.717) is 18.3 Å². The van der Waals surface area contributed by atoms with Crippen molar-refractivity contribution in [1.29, 1.82) is 0 Å². The van der Waals surface area contributed by atoms with Crippen molar-refractivity contribution in [3.05, 3.63) is 47.8 Å². The average molecular weight is 297 g/mol. The Morgan fingerprint density at radius 1 is 1.19 bits per heavy atom. The molecule has 0 fully saturated rings. The Labute approximate surface area is 121 Å². The highest BCUT2D eigenvalue weighted by Crippen LogP contribution is 2.29. The number of benzene rings is 1. The lowest BCUT2D eigenvalue weighted by atomic mass is 10.2. The molecule has 1 heterocycles. The molecule has 2 rings (SSSR count). The molecule has 2 aromatic rings. The maximum Gasteiger partial charge on any atom is 0.416 e. The highest BCUT2D eigenvalue weighted by molar-refractivity contribution is 5.45. The van der Waals surface area contributed by atoms with E-state index >= 15 is 0 Å². The van der Waals surface area contributed by atoms with Gasteiger partial charge in [-0.15, -0.1) is 0 Å². The highest BCUT2D eigenvalue weighted by atomic mass is 19.4. The minimum Gasteiger partial charge on any atom is -0.379 e. The Bertz CT molecular complexity index is 573. The first-order valence-corrected chi connectivity index (χ1v) is 6.85. The van der Waals surface area contributed by atoms with Crippen LogP contribution >= 0.6 is 0 Å². The number of anilines is 1. The molecule has 0 spiro atoms. The van der Waals surface area contributed by atoms with Crippen molar-refractivity contribution < 1.29 is 13.2 Å². The monoisotopic (exact) mass is 297 g/mol. The summed E-state index contributed by atoms with van der Waals surface area (Å²) in [6.07, 6.45) is -1.39. The third-order valence-electron chi connectivity index (χ3n) is 3.39. The van der Waals surface area contributed by atoms with Crippen LogP contribution in [0.15, 0.2) is 36.5 Å². The minimum atomic E-state index is -4.30. The molecule has 1 N–H and O–H groups in total. The second kappa shape index (κ2) is 6.20. The fourth-order valence-electron chi connectivity index (χ4n) is 1.87. The van der Waals surface area contributed by atoms with Crippen LogP contribution in [0.25, 0.3) is 0 Å². The van der Waals surface area contributed by atoms with Gasteiger partial charge in [0, 0.05) is 17.9 Å². The maximum atomic E-state index is 12.4. The number of hydrogen-bond acceptors (Lipinski definition) is 2. The Balaban J connectivity index is 1.95. The summed E-state index contributed by atoms with van der Waals surface area (Å²) in [5, 5.41) is 7.49. The topological polar surface area (TPSA) is 29.9 Å². The molecule has 0 saturated heterocycles. The summed E-state index contributed by atoms with van der Waals surface area (Å²) in [4.78, 5) is 0. The lowest BCUT2D eigenvalue weighted by Gasteiger charge is -2.09. The van der Waals surface area contributed by atoms with Gasteiger partial charge in [-0.1, -0.05) is 6.92 Å². The van der Waals surface area contributed by atoms with Gasteiger partial charge < -0.3 is 5.32 Å². The molecule has 0 aliphatic heterocycles. The van der Waals surface area contributed by atoms with Gasteiger partial charge in [0.1, 0.15) is 0 Å². The van der Waals surface area contributed by atoms with Crippen LogP contribution in [-0.2, 0) is 12.7 Å². The highest BCUT2D eigenvalue weighted by Gasteiger charge is 2.29. The van der Waals surface area contributed by atoms with Crippen LogP contribution in [0.5, 0.6) is 0 Å². The van der Waals surface area contributed by atoms with Gasteiger partial charge in [-0.3, -0.25) is 4.68 Å². The summed E-state index contributed by atoms with van der Waals surface area (Å²) < 4.78 is 39.2. The fraction of sp³-hybridized carbons (Fsp3) is 0.400. The van der Waals surface area contributed by atoms with E-state index in [1.54, 1.807) is 0 Å². The van der Waals surface area contributed by atoms with E-state index in [2.05, 4.69) is 24.3 Å². The van der Waals surface area contributed by atoms with E-state index < -0.39 is 11.7 Å². The number of alkyl halides is 3. The molecule has 1 atom stereocenters. The van der Waals surface area contributed by atoms with Crippen LogP contribution in [0.4, 0.5) is 18.9 Å². The van der Waals surface area contributed by atoms with Crippen molar-refractivity contribution in [2.75, 3.05) is 5.32 Å². The zero-order chi connectivity index (χ0) is 15.5. The van der Waals surface area contributed by atoms with Crippen LogP contribution < -0.4 is 5.32 Å². The molecule has 1 aromatic heterocycles. The van der Waals surface area contributed by atoms with Crippen molar-refractivity contribution >= 4 is 5.69 Å². The van der Waals surface area contributed by atoms with Crippen LogP contribution in [0.2, 0.25) is 0 Å². The molecule has 0 amide bonds. The van der Waals surface area contributed by atoms with E-state index in [1.807, 2.05) is 16.9 Å². The van der Waals surface area contributed by atoms with Crippen LogP contribution in [-0.4, -0.2) is 9.78 Å². The summed E-state index contributed by atoms with van der Waals surface area (Å²) in [5.41, 5.74) is 0.852. The molecule has 3 nitrogen and oxygen atoms in total. The molecule has 114 valence electrons. The number of hydrogen-bond donors (Lipinski definition) is 1.